The van der Waals surface area contributed by atoms with Crippen molar-refractivity contribution >= 4 is 11.5 Å². The fourth-order valence-corrected chi connectivity index (χ4v) is 3.86. The number of Topliss-reactive ketones (excluding diaryl/α,β-unsaturated/α-hetero) is 1. The van der Waals surface area contributed by atoms with Crippen LogP contribution in [0, 0.1) is 12.0 Å². The molecule has 0 aromatic heterocycles. The number of carbonyl (C=O) groups is 1. The topological polar surface area (TPSA) is 21.4 Å². The molecule has 2 aromatic carbocycles. The van der Waals surface area contributed by atoms with Crippen molar-refractivity contribution in [3.05, 3.63) is 77.2 Å². The van der Waals surface area contributed by atoms with Crippen molar-refractivity contribution in [1.82, 2.24) is 0 Å². The zero-order valence-electron chi connectivity index (χ0n) is 12.9. The highest BCUT2D eigenvalue weighted by Gasteiger charge is 2.44. The Morgan fingerprint density at radius 3 is 2.70 bits per heavy atom. The molecule has 0 radical (unpaired) electrons. The zero-order valence-corrected chi connectivity index (χ0v) is 12.9. The highest BCUT2D eigenvalue weighted by molar-refractivity contribution is 6.06. The molecule has 0 amide bonds. The summed E-state index contributed by atoms with van der Waals surface area (Å²) in [6, 6.07) is 13.8. The first kappa shape index (κ1) is 14.0. The van der Waals surface area contributed by atoms with Gasteiger partial charge < -0.3 is 0 Å². The molecule has 2 aliphatic rings. The number of benzene rings is 2. The van der Waals surface area contributed by atoms with Crippen LogP contribution in [0.25, 0.3) is 16.0 Å². The van der Waals surface area contributed by atoms with Crippen molar-refractivity contribution < 1.29 is 4.79 Å². The molecular formula is C21H17NO. The van der Waals surface area contributed by atoms with Gasteiger partial charge in [0.2, 0.25) is 0 Å². The van der Waals surface area contributed by atoms with Gasteiger partial charge in [-0.1, -0.05) is 42.5 Å². The molecule has 0 N–H and O–H groups in total. The third-order valence-corrected chi connectivity index (χ3v) is 5.14. The largest absolute Gasteiger partial charge is 0.294 e. The average Bonchev–Trinajstić information content (AvgIpc) is 2.87. The second-order valence-corrected chi connectivity index (χ2v) is 6.53. The second-order valence-electron chi connectivity index (χ2n) is 6.53. The maximum atomic E-state index is 13.0. The van der Waals surface area contributed by atoms with Gasteiger partial charge in [-0.3, -0.25) is 4.79 Å². The summed E-state index contributed by atoms with van der Waals surface area (Å²) in [5.74, 6) is 0.306. The third-order valence-electron chi connectivity index (χ3n) is 5.14. The monoisotopic (exact) mass is 299 g/mol. The van der Waals surface area contributed by atoms with Crippen LogP contribution in [-0.2, 0) is 6.42 Å². The number of hydrogen-bond acceptors (Lipinski definition) is 1. The molecule has 0 saturated carbocycles. The summed E-state index contributed by atoms with van der Waals surface area (Å²) in [5.41, 5.74) is 4.50. The first-order valence-corrected chi connectivity index (χ1v) is 8.02. The lowest BCUT2D eigenvalue weighted by Crippen LogP contribution is -2.28. The van der Waals surface area contributed by atoms with Crippen LogP contribution < -0.4 is 0 Å². The fraction of sp³-hybridized carbons (Fsp3) is 0.238. The Hall–Kier alpha value is -2.66. The van der Waals surface area contributed by atoms with Crippen LogP contribution in [0.1, 0.15) is 35.2 Å². The number of carbonyl (C=O) groups excluding carboxylic acids is 1. The van der Waals surface area contributed by atoms with Crippen molar-refractivity contribution in [3.8, 4) is 11.1 Å². The molecule has 0 saturated heterocycles. The Morgan fingerprint density at radius 1 is 1.04 bits per heavy atom. The zero-order chi connectivity index (χ0) is 15.9. The summed E-state index contributed by atoms with van der Waals surface area (Å²) >= 11 is 0. The Labute approximate surface area is 136 Å². The van der Waals surface area contributed by atoms with E-state index in [1.54, 1.807) is 6.07 Å². The van der Waals surface area contributed by atoms with Gasteiger partial charge in [0.05, 0.1) is 6.57 Å². The van der Waals surface area contributed by atoms with E-state index in [-0.39, 0.29) is 5.41 Å². The van der Waals surface area contributed by atoms with Crippen LogP contribution in [0.2, 0.25) is 0 Å². The maximum absolute atomic E-state index is 13.0. The normalized spacial score (nSPS) is 22.1. The van der Waals surface area contributed by atoms with Crippen molar-refractivity contribution in [1.29, 1.82) is 0 Å². The fourth-order valence-electron chi connectivity index (χ4n) is 3.86. The van der Waals surface area contributed by atoms with Gasteiger partial charge >= 0.3 is 0 Å². The highest BCUT2D eigenvalue weighted by Crippen LogP contribution is 2.46. The summed E-state index contributed by atoms with van der Waals surface area (Å²) < 4.78 is 0. The van der Waals surface area contributed by atoms with Gasteiger partial charge in [0.15, 0.2) is 11.5 Å². The van der Waals surface area contributed by atoms with Crippen molar-refractivity contribution in [2.75, 3.05) is 0 Å². The van der Waals surface area contributed by atoms with E-state index in [1.165, 1.54) is 5.56 Å². The van der Waals surface area contributed by atoms with E-state index in [0.29, 0.717) is 11.5 Å². The lowest BCUT2D eigenvalue weighted by Gasteiger charge is -2.28. The van der Waals surface area contributed by atoms with Gasteiger partial charge in [-0.05, 0) is 54.5 Å². The molecule has 2 aliphatic carbocycles. The molecule has 112 valence electrons. The summed E-state index contributed by atoms with van der Waals surface area (Å²) in [6.07, 6.45) is 8.03. The standard InChI is InChI=1S/C21H17NO/c1-22-18-7-5-6-15(12-18)16-8-9-17-14-21(10-3-2-4-11-21)20(23)19(17)13-16/h2-3,5-9,12-13H,4,10-11,14H2. The summed E-state index contributed by atoms with van der Waals surface area (Å²) in [5, 5.41) is 0. The van der Waals surface area contributed by atoms with Crippen molar-refractivity contribution in [3.63, 3.8) is 0 Å². The number of nitrogens with zero attached hydrogens (tertiary/aromatic N) is 1. The molecule has 23 heavy (non-hydrogen) atoms. The molecule has 2 aromatic rings. The van der Waals surface area contributed by atoms with Crippen LogP contribution in [-0.4, -0.2) is 5.78 Å². The molecule has 2 nitrogen and oxygen atoms in total. The Bertz CT molecular complexity index is 872. The van der Waals surface area contributed by atoms with E-state index in [9.17, 15) is 4.79 Å². The number of fused-ring (bicyclic) bond motifs is 1. The van der Waals surface area contributed by atoms with E-state index >= 15 is 0 Å². The quantitative estimate of drug-likeness (QED) is 0.512. The lowest BCUT2D eigenvalue weighted by atomic mass is 9.74. The molecule has 0 aliphatic heterocycles. The van der Waals surface area contributed by atoms with E-state index in [1.807, 2.05) is 24.3 Å². The van der Waals surface area contributed by atoms with Gasteiger partial charge in [-0.15, -0.1) is 0 Å². The summed E-state index contributed by atoms with van der Waals surface area (Å²) in [4.78, 5) is 16.5. The molecule has 0 heterocycles. The number of hydrogen-bond donors (Lipinski definition) is 0. The molecule has 0 fully saturated rings. The Kier molecular flexibility index (Phi) is 3.16. The van der Waals surface area contributed by atoms with Crippen LogP contribution >= 0.6 is 0 Å². The van der Waals surface area contributed by atoms with E-state index in [4.69, 9.17) is 6.57 Å². The molecule has 4 rings (SSSR count). The minimum Gasteiger partial charge on any atom is -0.294 e. The predicted molar refractivity (Wildman–Crippen MR) is 91.6 cm³/mol. The van der Waals surface area contributed by atoms with Gasteiger partial charge in [-0.25, -0.2) is 4.85 Å². The summed E-state index contributed by atoms with van der Waals surface area (Å²) in [7, 11) is 0. The number of ketones is 1. The van der Waals surface area contributed by atoms with E-state index < -0.39 is 0 Å². The minimum atomic E-state index is -0.200. The van der Waals surface area contributed by atoms with Crippen molar-refractivity contribution in [2.45, 2.75) is 25.7 Å². The molecule has 1 atom stereocenters. The second kappa shape index (κ2) is 5.21. The van der Waals surface area contributed by atoms with Gasteiger partial charge in [-0.2, -0.15) is 0 Å². The molecular weight excluding hydrogens is 282 g/mol. The van der Waals surface area contributed by atoms with Gasteiger partial charge in [0.25, 0.3) is 0 Å². The van der Waals surface area contributed by atoms with Crippen LogP contribution in [0.3, 0.4) is 0 Å². The van der Waals surface area contributed by atoms with Crippen molar-refractivity contribution in [2.24, 2.45) is 5.41 Å². The minimum absolute atomic E-state index is 0.200. The van der Waals surface area contributed by atoms with E-state index in [2.05, 4.69) is 29.1 Å². The molecule has 2 heteroatoms. The maximum Gasteiger partial charge on any atom is 0.187 e. The first-order chi connectivity index (χ1) is 11.2. The highest BCUT2D eigenvalue weighted by atomic mass is 16.1. The van der Waals surface area contributed by atoms with Gasteiger partial charge in [0, 0.05) is 11.0 Å². The SMILES string of the molecule is [C-]#[N+]c1cccc(-c2ccc3c(c2)C(=O)C2(CC=CCC2)C3)c1. The molecule has 1 unspecified atom stereocenters. The lowest BCUT2D eigenvalue weighted by molar-refractivity contribution is 0.0803. The van der Waals surface area contributed by atoms with Crippen LogP contribution in [0.5, 0.6) is 0 Å². The summed E-state index contributed by atoms with van der Waals surface area (Å²) in [6.45, 7) is 7.15. The van der Waals surface area contributed by atoms with Gasteiger partial charge in [0.1, 0.15) is 0 Å². The third kappa shape index (κ3) is 2.21. The van der Waals surface area contributed by atoms with Crippen LogP contribution in [0.4, 0.5) is 5.69 Å². The molecule has 0 bridgehead atoms. The Balaban J connectivity index is 1.75. The predicted octanol–water partition coefficient (Wildman–Crippen LogP) is 5.37. The first-order valence-electron chi connectivity index (χ1n) is 8.02. The molecule has 1 spiro atoms. The number of allylic oxidation sites excluding steroid dienone is 2. The van der Waals surface area contributed by atoms with E-state index in [0.717, 1.165) is 42.4 Å². The number of rotatable bonds is 1. The Morgan fingerprint density at radius 2 is 1.91 bits per heavy atom. The smallest absolute Gasteiger partial charge is 0.187 e. The average molecular weight is 299 g/mol. The van der Waals surface area contributed by atoms with Crippen LogP contribution in [0.15, 0.2) is 54.6 Å².